The molecule has 1 N–H and O–H groups in total. The van der Waals surface area contributed by atoms with E-state index in [1.807, 2.05) is 13.8 Å². The number of nitrogens with zero attached hydrogens (tertiary/aromatic N) is 3. The van der Waals surface area contributed by atoms with Crippen LogP contribution in [0.5, 0.6) is 0 Å². The number of aromatic nitrogens is 1. The summed E-state index contributed by atoms with van der Waals surface area (Å²) in [5.74, 6) is -0.521. The Morgan fingerprint density at radius 3 is 2.56 bits per heavy atom. The number of pyridine rings is 1. The molecule has 0 unspecified atom stereocenters. The van der Waals surface area contributed by atoms with Gasteiger partial charge in [0.05, 0.1) is 11.8 Å². The van der Waals surface area contributed by atoms with E-state index < -0.39 is 5.82 Å². The predicted molar refractivity (Wildman–Crippen MR) is 118 cm³/mol. The molecule has 8 heteroatoms. The molecule has 1 saturated heterocycles. The molecule has 1 aromatic carbocycles. The van der Waals surface area contributed by atoms with Gasteiger partial charge in [-0.25, -0.2) is 4.39 Å². The van der Waals surface area contributed by atoms with E-state index >= 15 is 0 Å². The molecule has 2 amide bonds. The highest BCUT2D eigenvalue weighted by atomic mass is 19.1. The lowest BCUT2D eigenvalue weighted by Crippen LogP contribution is -2.48. The maximum Gasteiger partial charge on any atom is 0.289 e. The molecule has 3 aromatic rings. The summed E-state index contributed by atoms with van der Waals surface area (Å²) in [5, 5.41) is 2.80. The van der Waals surface area contributed by atoms with E-state index in [9.17, 15) is 14.0 Å². The average molecular weight is 436 g/mol. The number of aryl methyl sites for hydroxylation is 1. The number of hydrogen-bond acceptors (Lipinski definition) is 5. The van der Waals surface area contributed by atoms with Gasteiger partial charge >= 0.3 is 0 Å². The Labute approximate surface area is 185 Å². The number of hydrogen-bond donors (Lipinski definition) is 1. The van der Waals surface area contributed by atoms with Crippen LogP contribution in [-0.4, -0.2) is 52.8 Å². The smallest absolute Gasteiger partial charge is 0.289 e. The highest BCUT2D eigenvalue weighted by molar-refractivity contribution is 6.04. The Morgan fingerprint density at radius 2 is 1.91 bits per heavy atom. The van der Waals surface area contributed by atoms with Crippen molar-refractivity contribution < 1.29 is 18.4 Å². The minimum atomic E-state index is -0.408. The topological polar surface area (TPSA) is 78.7 Å². The van der Waals surface area contributed by atoms with Crippen LogP contribution in [-0.2, 0) is 6.54 Å². The fraction of sp³-hybridized carbons (Fsp3) is 0.292. The zero-order chi connectivity index (χ0) is 22.7. The Balaban J connectivity index is 1.41. The standard InChI is InChI=1S/C24H25FN4O3/c1-16-5-6-18(14-26-16)23(30)27-21-13-20(25)12-19(17(21)2)15-28-7-9-29(10-8-28)24(31)22-4-3-11-32-22/h3-6,11-14H,7-10,15H2,1-2H3,(H,27,30). The van der Waals surface area contributed by atoms with Gasteiger partial charge < -0.3 is 14.6 Å². The molecule has 2 aromatic heterocycles. The number of rotatable bonds is 5. The van der Waals surface area contributed by atoms with Gasteiger partial charge in [-0.15, -0.1) is 0 Å². The summed E-state index contributed by atoms with van der Waals surface area (Å²) in [5.41, 5.74) is 3.29. The van der Waals surface area contributed by atoms with E-state index in [1.54, 1.807) is 29.2 Å². The molecule has 1 aliphatic heterocycles. The van der Waals surface area contributed by atoms with Gasteiger partial charge in [0.1, 0.15) is 5.82 Å². The molecular weight excluding hydrogens is 411 g/mol. The second-order valence-corrected chi connectivity index (χ2v) is 7.93. The molecular formula is C24H25FN4O3. The number of piperazine rings is 1. The molecule has 0 aliphatic carbocycles. The lowest BCUT2D eigenvalue weighted by atomic mass is 10.0. The van der Waals surface area contributed by atoms with Crippen LogP contribution < -0.4 is 5.32 Å². The second kappa shape index (κ2) is 9.32. The van der Waals surface area contributed by atoms with Crippen LogP contribution in [0.3, 0.4) is 0 Å². The van der Waals surface area contributed by atoms with E-state index in [-0.39, 0.29) is 11.8 Å². The first kappa shape index (κ1) is 21.7. The highest BCUT2D eigenvalue weighted by Crippen LogP contribution is 2.24. The molecule has 1 aliphatic rings. The van der Waals surface area contributed by atoms with Crippen molar-refractivity contribution in [2.24, 2.45) is 0 Å². The van der Waals surface area contributed by atoms with Crippen LogP contribution in [0.25, 0.3) is 0 Å². The van der Waals surface area contributed by atoms with Crippen LogP contribution in [0.15, 0.2) is 53.3 Å². The third-order valence-electron chi connectivity index (χ3n) is 5.69. The molecule has 32 heavy (non-hydrogen) atoms. The zero-order valence-electron chi connectivity index (χ0n) is 18.1. The lowest BCUT2D eigenvalue weighted by Gasteiger charge is -2.34. The summed E-state index contributed by atoms with van der Waals surface area (Å²) in [4.78, 5) is 33.1. The molecule has 3 heterocycles. The van der Waals surface area contributed by atoms with Gasteiger partial charge in [-0.05, 0) is 61.4 Å². The van der Waals surface area contributed by atoms with Crippen LogP contribution in [0.1, 0.15) is 37.7 Å². The Morgan fingerprint density at radius 1 is 1.12 bits per heavy atom. The quantitative estimate of drug-likeness (QED) is 0.661. The zero-order valence-corrected chi connectivity index (χ0v) is 18.1. The van der Waals surface area contributed by atoms with Gasteiger partial charge in [-0.2, -0.15) is 0 Å². The van der Waals surface area contributed by atoms with Gasteiger partial charge in [0.2, 0.25) is 0 Å². The Kier molecular flexibility index (Phi) is 6.32. The fourth-order valence-corrected chi connectivity index (χ4v) is 3.73. The van der Waals surface area contributed by atoms with Gasteiger partial charge in [0.15, 0.2) is 5.76 Å². The number of benzene rings is 1. The first-order chi connectivity index (χ1) is 15.4. The van der Waals surface area contributed by atoms with Crippen molar-refractivity contribution in [2.75, 3.05) is 31.5 Å². The van der Waals surface area contributed by atoms with E-state index in [2.05, 4.69) is 15.2 Å². The van der Waals surface area contributed by atoms with Crippen molar-refractivity contribution in [1.82, 2.24) is 14.8 Å². The monoisotopic (exact) mass is 436 g/mol. The molecule has 7 nitrogen and oxygen atoms in total. The molecule has 0 spiro atoms. The largest absolute Gasteiger partial charge is 0.459 e. The first-order valence-electron chi connectivity index (χ1n) is 10.5. The average Bonchev–Trinajstić information content (AvgIpc) is 3.32. The summed E-state index contributed by atoms with van der Waals surface area (Å²) >= 11 is 0. The Hall–Kier alpha value is -3.52. The van der Waals surface area contributed by atoms with Crippen LogP contribution in [0.4, 0.5) is 10.1 Å². The van der Waals surface area contributed by atoms with Crippen LogP contribution >= 0.6 is 0 Å². The van der Waals surface area contributed by atoms with E-state index in [0.29, 0.717) is 49.7 Å². The Bertz CT molecular complexity index is 1110. The maximum atomic E-state index is 14.3. The van der Waals surface area contributed by atoms with Crippen molar-refractivity contribution in [1.29, 1.82) is 0 Å². The van der Waals surface area contributed by atoms with Crippen LogP contribution in [0, 0.1) is 19.7 Å². The molecule has 0 bridgehead atoms. The minimum Gasteiger partial charge on any atom is -0.459 e. The third-order valence-corrected chi connectivity index (χ3v) is 5.69. The van der Waals surface area contributed by atoms with Crippen molar-refractivity contribution >= 4 is 17.5 Å². The van der Waals surface area contributed by atoms with E-state index in [1.165, 1.54) is 24.6 Å². The minimum absolute atomic E-state index is 0.118. The van der Waals surface area contributed by atoms with Crippen molar-refractivity contribution in [3.05, 3.63) is 82.8 Å². The number of nitrogens with one attached hydrogen (secondary N) is 1. The number of halogens is 1. The second-order valence-electron chi connectivity index (χ2n) is 7.93. The number of furan rings is 1. The van der Waals surface area contributed by atoms with Gasteiger partial charge in [0.25, 0.3) is 11.8 Å². The predicted octanol–water partition coefficient (Wildman–Crippen LogP) is 3.64. The third kappa shape index (κ3) is 4.86. The van der Waals surface area contributed by atoms with Gasteiger partial charge in [0, 0.05) is 50.3 Å². The first-order valence-corrected chi connectivity index (χ1v) is 10.5. The molecule has 1 fully saturated rings. The molecule has 0 saturated carbocycles. The molecule has 4 rings (SSSR count). The summed E-state index contributed by atoms with van der Waals surface area (Å²) in [6.07, 6.45) is 2.99. The summed E-state index contributed by atoms with van der Waals surface area (Å²) in [7, 11) is 0. The number of amides is 2. The SMILES string of the molecule is Cc1ccc(C(=O)Nc2cc(F)cc(CN3CCN(C(=O)c4ccco4)CC3)c2C)cn1. The van der Waals surface area contributed by atoms with Crippen molar-refractivity contribution in [3.63, 3.8) is 0 Å². The van der Waals surface area contributed by atoms with Crippen LogP contribution in [0.2, 0.25) is 0 Å². The van der Waals surface area contributed by atoms with Crippen molar-refractivity contribution in [3.8, 4) is 0 Å². The van der Waals surface area contributed by atoms with Gasteiger partial charge in [-0.3, -0.25) is 19.5 Å². The van der Waals surface area contributed by atoms with Crippen molar-refractivity contribution in [2.45, 2.75) is 20.4 Å². The highest BCUT2D eigenvalue weighted by Gasteiger charge is 2.24. The number of anilines is 1. The lowest BCUT2D eigenvalue weighted by molar-refractivity contribution is 0.0597. The van der Waals surface area contributed by atoms with E-state index in [0.717, 1.165) is 16.8 Å². The maximum absolute atomic E-state index is 14.3. The van der Waals surface area contributed by atoms with Gasteiger partial charge in [-0.1, -0.05) is 0 Å². The number of carbonyl (C=O) groups excluding carboxylic acids is 2. The molecule has 0 radical (unpaired) electrons. The molecule has 0 atom stereocenters. The summed E-state index contributed by atoms with van der Waals surface area (Å²) < 4.78 is 19.5. The summed E-state index contributed by atoms with van der Waals surface area (Å²) in [6.45, 7) is 6.71. The fourth-order valence-electron chi connectivity index (χ4n) is 3.73. The summed E-state index contributed by atoms with van der Waals surface area (Å²) in [6, 6.07) is 9.64. The normalized spacial score (nSPS) is 14.4. The van der Waals surface area contributed by atoms with E-state index in [4.69, 9.17) is 4.42 Å². The number of carbonyl (C=O) groups is 2. The molecule has 166 valence electrons.